The van der Waals surface area contributed by atoms with Crippen molar-refractivity contribution in [3.05, 3.63) is 47.3 Å². The van der Waals surface area contributed by atoms with Crippen LogP contribution in [0.1, 0.15) is 23.9 Å². The summed E-state index contributed by atoms with van der Waals surface area (Å²) in [5, 5.41) is 14.1. The first-order valence-electron chi connectivity index (χ1n) is 7.56. The van der Waals surface area contributed by atoms with Gasteiger partial charge in [0.2, 0.25) is 0 Å². The van der Waals surface area contributed by atoms with Gasteiger partial charge in [-0.1, -0.05) is 18.2 Å². The maximum absolute atomic E-state index is 9.51. The van der Waals surface area contributed by atoms with Crippen LogP contribution in [0.4, 0.5) is 0 Å². The van der Waals surface area contributed by atoms with Crippen molar-refractivity contribution in [2.24, 2.45) is 0 Å². The Balaban J connectivity index is 2.00. The van der Waals surface area contributed by atoms with E-state index in [9.17, 15) is 5.26 Å². The zero-order valence-electron chi connectivity index (χ0n) is 13.0. The van der Waals surface area contributed by atoms with Crippen molar-refractivity contribution < 1.29 is 4.74 Å². The summed E-state index contributed by atoms with van der Waals surface area (Å²) in [7, 11) is 0. The molecule has 1 aliphatic heterocycles. The van der Waals surface area contributed by atoms with Crippen LogP contribution in [0.5, 0.6) is 0 Å². The molecule has 1 aliphatic rings. The summed E-state index contributed by atoms with van der Waals surface area (Å²) in [5.41, 5.74) is 3.41. The van der Waals surface area contributed by atoms with E-state index in [2.05, 4.69) is 23.0 Å². The van der Waals surface area contributed by atoms with Crippen LogP contribution in [-0.2, 0) is 11.3 Å². The Morgan fingerprint density at radius 3 is 2.82 bits per heavy atom. The van der Waals surface area contributed by atoms with Crippen LogP contribution in [0, 0.1) is 18.3 Å². The van der Waals surface area contributed by atoms with Gasteiger partial charge in [0.1, 0.15) is 6.07 Å². The summed E-state index contributed by atoms with van der Waals surface area (Å²) in [6, 6.07) is 12.6. The average molecular weight is 296 g/mol. The molecule has 114 valence electrons. The highest BCUT2D eigenvalue weighted by atomic mass is 16.5. The van der Waals surface area contributed by atoms with Crippen molar-refractivity contribution in [1.29, 1.82) is 5.26 Å². The van der Waals surface area contributed by atoms with Gasteiger partial charge in [0.15, 0.2) is 0 Å². The highest BCUT2D eigenvalue weighted by molar-refractivity contribution is 5.43. The second-order valence-corrected chi connectivity index (χ2v) is 5.66. The molecule has 1 aromatic carbocycles. The number of para-hydroxylation sites is 1. The second kappa shape index (κ2) is 6.30. The predicted molar refractivity (Wildman–Crippen MR) is 83.7 cm³/mol. The molecule has 0 N–H and O–H groups in total. The lowest BCUT2D eigenvalue weighted by molar-refractivity contribution is -0.00523. The molecule has 22 heavy (non-hydrogen) atoms. The smallest absolute Gasteiger partial charge is 0.103 e. The lowest BCUT2D eigenvalue weighted by Crippen LogP contribution is -2.43. The number of nitrogens with zero attached hydrogens (tertiary/aromatic N) is 4. The Hall–Kier alpha value is -2.16. The molecule has 0 aliphatic carbocycles. The van der Waals surface area contributed by atoms with Gasteiger partial charge in [0.25, 0.3) is 0 Å². The standard InChI is InChI=1S/C17H20N4O/c1-13-12-22-9-8-20(13)11-17-16(10-18)14(2)19-21(17)15-6-4-3-5-7-15/h3-7,13H,8-9,11-12H2,1-2H3. The number of ether oxygens (including phenoxy) is 1. The summed E-state index contributed by atoms with van der Waals surface area (Å²) in [4.78, 5) is 2.35. The van der Waals surface area contributed by atoms with Gasteiger partial charge in [0, 0.05) is 19.1 Å². The number of aromatic nitrogens is 2. The van der Waals surface area contributed by atoms with Gasteiger partial charge in [-0.25, -0.2) is 4.68 Å². The van der Waals surface area contributed by atoms with E-state index in [0.717, 1.165) is 36.8 Å². The fourth-order valence-corrected chi connectivity index (χ4v) is 2.84. The largest absolute Gasteiger partial charge is 0.379 e. The van der Waals surface area contributed by atoms with Crippen LogP contribution in [0.3, 0.4) is 0 Å². The Bertz CT molecular complexity index is 687. The zero-order chi connectivity index (χ0) is 15.5. The number of benzene rings is 1. The molecule has 0 radical (unpaired) electrons. The highest BCUT2D eigenvalue weighted by Crippen LogP contribution is 2.21. The number of hydrogen-bond donors (Lipinski definition) is 0. The summed E-state index contributed by atoms with van der Waals surface area (Å²) < 4.78 is 7.40. The lowest BCUT2D eigenvalue weighted by atomic mass is 10.1. The molecule has 5 nitrogen and oxygen atoms in total. The van der Waals surface area contributed by atoms with E-state index in [1.54, 1.807) is 0 Å². The second-order valence-electron chi connectivity index (χ2n) is 5.66. The number of aryl methyl sites for hydroxylation is 1. The van der Waals surface area contributed by atoms with Gasteiger partial charge >= 0.3 is 0 Å². The van der Waals surface area contributed by atoms with Crippen molar-refractivity contribution in [2.75, 3.05) is 19.8 Å². The molecule has 0 spiro atoms. The van der Waals surface area contributed by atoms with Crippen LogP contribution in [0.25, 0.3) is 5.69 Å². The summed E-state index contributed by atoms with van der Waals surface area (Å²) in [6.45, 7) is 7.12. The third-order valence-electron chi connectivity index (χ3n) is 4.13. The minimum atomic E-state index is 0.347. The van der Waals surface area contributed by atoms with Gasteiger partial charge in [-0.2, -0.15) is 10.4 Å². The Morgan fingerprint density at radius 2 is 2.14 bits per heavy atom. The van der Waals surface area contributed by atoms with E-state index < -0.39 is 0 Å². The van der Waals surface area contributed by atoms with Gasteiger partial charge in [-0.05, 0) is 26.0 Å². The van der Waals surface area contributed by atoms with Crippen molar-refractivity contribution >= 4 is 0 Å². The minimum Gasteiger partial charge on any atom is -0.379 e. The van der Waals surface area contributed by atoms with Gasteiger partial charge in [-0.15, -0.1) is 0 Å². The fraction of sp³-hybridized carbons (Fsp3) is 0.412. The zero-order valence-corrected chi connectivity index (χ0v) is 13.0. The van der Waals surface area contributed by atoms with Crippen LogP contribution in [0.15, 0.2) is 30.3 Å². The van der Waals surface area contributed by atoms with Crippen molar-refractivity contribution in [2.45, 2.75) is 26.4 Å². The molecular weight excluding hydrogens is 276 g/mol. The Kier molecular flexibility index (Phi) is 4.23. The number of nitriles is 1. The van der Waals surface area contributed by atoms with Crippen LogP contribution in [-0.4, -0.2) is 40.5 Å². The highest BCUT2D eigenvalue weighted by Gasteiger charge is 2.24. The molecule has 3 rings (SSSR count). The Morgan fingerprint density at radius 1 is 1.36 bits per heavy atom. The molecule has 2 heterocycles. The average Bonchev–Trinajstić information content (AvgIpc) is 2.86. The number of morpholine rings is 1. The van der Waals surface area contributed by atoms with Crippen molar-refractivity contribution in [1.82, 2.24) is 14.7 Å². The van der Waals surface area contributed by atoms with E-state index in [0.29, 0.717) is 18.2 Å². The molecule has 0 bridgehead atoms. The molecular formula is C17H20N4O. The predicted octanol–water partition coefficient (Wildman–Crippen LogP) is 2.27. The lowest BCUT2D eigenvalue weighted by Gasteiger charge is -2.33. The van der Waals surface area contributed by atoms with E-state index >= 15 is 0 Å². The topological polar surface area (TPSA) is 54.1 Å². The molecule has 5 heteroatoms. The summed E-state index contributed by atoms with van der Waals surface area (Å²) >= 11 is 0. The first-order valence-corrected chi connectivity index (χ1v) is 7.56. The van der Waals surface area contributed by atoms with Gasteiger partial charge in [-0.3, -0.25) is 4.90 Å². The first-order chi connectivity index (χ1) is 10.7. The molecule has 0 saturated carbocycles. The number of hydrogen-bond acceptors (Lipinski definition) is 4. The van der Waals surface area contributed by atoms with E-state index in [4.69, 9.17) is 4.74 Å². The monoisotopic (exact) mass is 296 g/mol. The van der Waals surface area contributed by atoms with E-state index in [-0.39, 0.29) is 0 Å². The van der Waals surface area contributed by atoms with Crippen LogP contribution < -0.4 is 0 Å². The minimum absolute atomic E-state index is 0.347. The quantitative estimate of drug-likeness (QED) is 0.872. The summed E-state index contributed by atoms with van der Waals surface area (Å²) in [5.74, 6) is 0. The molecule has 1 unspecified atom stereocenters. The maximum Gasteiger partial charge on any atom is 0.103 e. The van der Waals surface area contributed by atoms with Gasteiger partial charge < -0.3 is 4.74 Å². The Labute approximate surface area is 130 Å². The molecule has 1 atom stereocenters. The van der Waals surface area contributed by atoms with Crippen molar-refractivity contribution in [3.8, 4) is 11.8 Å². The normalized spacial score (nSPS) is 19.0. The molecule has 1 saturated heterocycles. The summed E-state index contributed by atoms with van der Waals surface area (Å²) in [6.07, 6.45) is 0. The van der Waals surface area contributed by atoms with Crippen LogP contribution >= 0.6 is 0 Å². The molecule has 1 aromatic heterocycles. The van der Waals surface area contributed by atoms with Gasteiger partial charge in [0.05, 0.1) is 35.9 Å². The molecule has 1 fully saturated rings. The van der Waals surface area contributed by atoms with E-state index in [1.165, 1.54) is 0 Å². The van der Waals surface area contributed by atoms with Crippen LogP contribution in [0.2, 0.25) is 0 Å². The third kappa shape index (κ3) is 2.76. The fourth-order valence-electron chi connectivity index (χ4n) is 2.84. The molecule has 0 amide bonds. The molecule has 2 aromatic rings. The SMILES string of the molecule is Cc1nn(-c2ccccc2)c(CN2CCOCC2C)c1C#N. The van der Waals surface area contributed by atoms with Crippen molar-refractivity contribution in [3.63, 3.8) is 0 Å². The van der Waals surface area contributed by atoms with E-state index in [1.807, 2.05) is 41.9 Å². The third-order valence-corrected chi connectivity index (χ3v) is 4.13. The first kappa shape index (κ1) is 14.8. The maximum atomic E-state index is 9.51. The number of rotatable bonds is 3.